The van der Waals surface area contributed by atoms with Gasteiger partial charge >= 0.3 is 0 Å². The van der Waals surface area contributed by atoms with Crippen LogP contribution in [0.15, 0.2) is 36.4 Å². The molecule has 0 radical (unpaired) electrons. The van der Waals surface area contributed by atoms with Gasteiger partial charge < -0.3 is 29.0 Å². The van der Waals surface area contributed by atoms with Crippen molar-refractivity contribution in [3.63, 3.8) is 0 Å². The fraction of sp³-hybridized carbons (Fsp3) is 0.368. The molecule has 1 aliphatic rings. The third-order valence-corrected chi connectivity index (χ3v) is 4.04. The van der Waals surface area contributed by atoms with E-state index in [-0.39, 0.29) is 18.5 Å². The lowest BCUT2D eigenvalue weighted by Crippen LogP contribution is -2.38. The largest absolute Gasteiger partial charge is 0.496 e. The van der Waals surface area contributed by atoms with Crippen molar-refractivity contribution in [3.8, 4) is 28.7 Å². The van der Waals surface area contributed by atoms with Gasteiger partial charge in [0.15, 0.2) is 23.0 Å². The summed E-state index contributed by atoms with van der Waals surface area (Å²) in [5.41, 5.74) is 0.984. The van der Waals surface area contributed by atoms with E-state index in [4.69, 9.17) is 23.7 Å². The maximum absolute atomic E-state index is 5.94. The van der Waals surface area contributed by atoms with Gasteiger partial charge in [0.05, 0.1) is 21.3 Å². The Balaban J connectivity index is 0.00000243. The predicted molar refractivity (Wildman–Crippen MR) is 101 cm³/mol. The molecule has 142 valence electrons. The van der Waals surface area contributed by atoms with Crippen LogP contribution in [0.2, 0.25) is 0 Å². The van der Waals surface area contributed by atoms with E-state index in [1.54, 1.807) is 21.3 Å². The summed E-state index contributed by atoms with van der Waals surface area (Å²) >= 11 is 0. The Labute approximate surface area is 159 Å². The summed E-state index contributed by atoms with van der Waals surface area (Å²) in [6, 6.07) is 11.4. The molecule has 6 nitrogen and oxygen atoms in total. The molecule has 0 saturated carbocycles. The van der Waals surface area contributed by atoms with E-state index in [9.17, 15) is 0 Å². The van der Waals surface area contributed by atoms with Gasteiger partial charge in [0, 0.05) is 24.7 Å². The number of hydrogen-bond donors (Lipinski definition) is 1. The fourth-order valence-electron chi connectivity index (χ4n) is 2.76. The average Bonchev–Trinajstić information content (AvgIpc) is 2.67. The minimum absolute atomic E-state index is 0. The van der Waals surface area contributed by atoms with E-state index >= 15 is 0 Å². The summed E-state index contributed by atoms with van der Waals surface area (Å²) in [7, 11) is 4.86. The van der Waals surface area contributed by atoms with Crippen LogP contribution in [-0.2, 0) is 6.54 Å². The van der Waals surface area contributed by atoms with Crippen molar-refractivity contribution in [1.29, 1.82) is 0 Å². The molecule has 1 heterocycles. The summed E-state index contributed by atoms with van der Waals surface area (Å²) in [5, 5.41) is 3.38. The minimum atomic E-state index is -0.0407. The second kappa shape index (κ2) is 9.40. The molecular formula is C19H24ClNO5. The molecule has 0 amide bonds. The van der Waals surface area contributed by atoms with Gasteiger partial charge in [-0.3, -0.25) is 0 Å². The highest BCUT2D eigenvalue weighted by atomic mass is 35.5. The number of hydrogen-bond acceptors (Lipinski definition) is 6. The molecule has 2 aromatic carbocycles. The Morgan fingerprint density at radius 3 is 2.31 bits per heavy atom. The molecule has 7 heteroatoms. The summed E-state index contributed by atoms with van der Waals surface area (Å²) in [6.45, 7) is 1.80. The zero-order chi connectivity index (χ0) is 17.6. The number of fused-ring (bicyclic) bond motifs is 1. The molecule has 1 aliphatic heterocycles. The van der Waals surface area contributed by atoms with Crippen molar-refractivity contribution < 1.29 is 23.7 Å². The molecule has 1 unspecified atom stereocenters. The van der Waals surface area contributed by atoms with E-state index in [2.05, 4.69) is 5.32 Å². The van der Waals surface area contributed by atoms with Gasteiger partial charge in [0.2, 0.25) is 0 Å². The summed E-state index contributed by atoms with van der Waals surface area (Å²) in [6.07, 6.45) is -0.0407. The number of ether oxygens (including phenoxy) is 5. The Kier molecular flexibility index (Phi) is 7.24. The van der Waals surface area contributed by atoms with Crippen molar-refractivity contribution in [2.45, 2.75) is 12.6 Å². The van der Waals surface area contributed by atoms with Gasteiger partial charge in [-0.1, -0.05) is 12.1 Å². The first kappa shape index (κ1) is 20.0. The SMILES string of the molecule is COc1cc(OC)c(OC)cc1CNCC1COc2ccccc2O1.Cl. The predicted octanol–water partition coefficient (Wildman–Crippen LogP) is 3.06. The van der Waals surface area contributed by atoms with Crippen LogP contribution in [0.3, 0.4) is 0 Å². The normalized spacial score (nSPS) is 15.0. The molecule has 1 atom stereocenters. The van der Waals surface area contributed by atoms with Crippen LogP contribution >= 0.6 is 12.4 Å². The second-order valence-corrected chi connectivity index (χ2v) is 5.65. The quantitative estimate of drug-likeness (QED) is 0.795. The van der Waals surface area contributed by atoms with Crippen LogP contribution in [0, 0.1) is 0 Å². The number of para-hydroxylation sites is 2. The third-order valence-electron chi connectivity index (χ3n) is 4.04. The van der Waals surface area contributed by atoms with Crippen LogP contribution in [0.25, 0.3) is 0 Å². The third kappa shape index (κ3) is 4.45. The molecule has 0 spiro atoms. The lowest BCUT2D eigenvalue weighted by atomic mass is 10.1. The van der Waals surface area contributed by atoms with Crippen LogP contribution in [0.1, 0.15) is 5.56 Å². The Morgan fingerprint density at radius 1 is 0.962 bits per heavy atom. The number of methoxy groups -OCH3 is 3. The Hall–Kier alpha value is -2.31. The summed E-state index contributed by atoms with van der Waals surface area (Å²) in [5.74, 6) is 3.64. The van der Waals surface area contributed by atoms with E-state index in [1.807, 2.05) is 36.4 Å². The van der Waals surface area contributed by atoms with Crippen LogP contribution in [0.5, 0.6) is 28.7 Å². The molecule has 0 saturated heterocycles. The zero-order valence-corrected chi connectivity index (χ0v) is 15.9. The van der Waals surface area contributed by atoms with Crippen LogP contribution < -0.4 is 29.0 Å². The smallest absolute Gasteiger partial charge is 0.164 e. The Bertz CT molecular complexity index is 725. The van der Waals surface area contributed by atoms with Gasteiger partial charge in [-0.2, -0.15) is 0 Å². The van der Waals surface area contributed by atoms with E-state index in [0.29, 0.717) is 31.2 Å². The molecular weight excluding hydrogens is 358 g/mol. The van der Waals surface area contributed by atoms with Crippen molar-refractivity contribution in [1.82, 2.24) is 5.32 Å². The number of rotatable bonds is 7. The minimum Gasteiger partial charge on any atom is -0.496 e. The molecule has 0 aromatic heterocycles. The first-order chi connectivity index (χ1) is 12.2. The van der Waals surface area contributed by atoms with Crippen molar-refractivity contribution in [3.05, 3.63) is 42.0 Å². The van der Waals surface area contributed by atoms with Gasteiger partial charge in [0.25, 0.3) is 0 Å². The first-order valence-corrected chi connectivity index (χ1v) is 8.13. The zero-order valence-electron chi connectivity index (χ0n) is 15.1. The van der Waals surface area contributed by atoms with E-state index in [1.165, 1.54) is 0 Å². The van der Waals surface area contributed by atoms with Gasteiger partial charge in [-0.25, -0.2) is 0 Å². The molecule has 3 rings (SSSR count). The molecule has 26 heavy (non-hydrogen) atoms. The van der Waals surface area contributed by atoms with E-state index < -0.39 is 0 Å². The molecule has 0 aliphatic carbocycles. The first-order valence-electron chi connectivity index (χ1n) is 8.13. The number of halogens is 1. The van der Waals surface area contributed by atoms with Crippen LogP contribution in [-0.4, -0.2) is 40.6 Å². The highest BCUT2D eigenvalue weighted by Crippen LogP contribution is 2.34. The second-order valence-electron chi connectivity index (χ2n) is 5.65. The standard InChI is InChI=1S/C19H23NO5.ClH/c1-21-17-9-19(23-3)18(22-2)8-13(17)10-20-11-14-12-24-15-6-4-5-7-16(15)25-14;/h4-9,14,20H,10-12H2,1-3H3;1H. The highest BCUT2D eigenvalue weighted by Gasteiger charge is 2.20. The van der Waals surface area contributed by atoms with Gasteiger partial charge in [0.1, 0.15) is 18.5 Å². The monoisotopic (exact) mass is 381 g/mol. The van der Waals surface area contributed by atoms with Crippen molar-refractivity contribution in [2.24, 2.45) is 0 Å². The van der Waals surface area contributed by atoms with Crippen LogP contribution in [0.4, 0.5) is 0 Å². The molecule has 0 fully saturated rings. The summed E-state index contributed by atoms with van der Waals surface area (Å²) in [4.78, 5) is 0. The van der Waals surface area contributed by atoms with Crippen molar-refractivity contribution in [2.75, 3.05) is 34.5 Å². The van der Waals surface area contributed by atoms with E-state index in [0.717, 1.165) is 22.8 Å². The highest BCUT2D eigenvalue weighted by molar-refractivity contribution is 5.85. The van der Waals surface area contributed by atoms with Gasteiger partial charge in [-0.05, 0) is 18.2 Å². The summed E-state index contributed by atoms with van der Waals surface area (Å²) < 4.78 is 27.8. The maximum Gasteiger partial charge on any atom is 0.164 e. The molecule has 0 bridgehead atoms. The topological polar surface area (TPSA) is 58.2 Å². The average molecular weight is 382 g/mol. The molecule has 1 N–H and O–H groups in total. The number of nitrogens with one attached hydrogen (secondary N) is 1. The fourth-order valence-corrected chi connectivity index (χ4v) is 2.76. The van der Waals surface area contributed by atoms with Gasteiger partial charge in [-0.15, -0.1) is 12.4 Å². The number of benzene rings is 2. The van der Waals surface area contributed by atoms with Crippen molar-refractivity contribution >= 4 is 12.4 Å². The Morgan fingerprint density at radius 2 is 1.62 bits per heavy atom. The maximum atomic E-state index is 5.94. The molecule has 2 aromatic rings. The lowest BCUT2D eigenvalue weighted by molar-refractivity contribution is 0.0902. The lowest BCUT2D eigenvalue weighted by Gasteiger charge is -2.26.